The highest BCUT2D eigenvalue weighted by Crippen LogP contribution is 2.37. The van der Waals surface area contributed by atoms with Gasteiger partial charge in [0.1, 0.15) is 73.4 Å². The van der Waals surface area contributed by atoms with Gasteiger partial charge < -0.3 is 68.6 Å². The molecule has 0 aliphatic carbocycles. The van der Waals surface area contributed by atoms with Gasteiger partial charge in [-0.1, -0.05) is 62.5 Å². The van der Waals surface area contributed by atoms with Crippen LogP contribution in [-0.2, 0) is 51.1 Å². The number of nitrogens with two attached hydrogens (primary N) is 1. The molecular formula is C73H84Cl2N32O5Si2. The number of aromatic nitrogens is 28. The number of methoxy groups -OCH3 is 3. The maximum absolute atomic E-state index is 5.90. The Morgan fingerprint density at radius 3 is 1.27 bits per heavy atom. The van der Waals surface area contributed by atoms with Crippen LogP contribution in [0.15, 0.2) is 137 Å². The summed E-state index contributed by atoms with van der Waals surface area (Å²) in [5, 5.41) is 37.4. The number of imidazole rings is 5. The van der Waals surface area contributed by atoms with E-state index in [4.69, 9.17) is 52.6 Å². The Labute approximate surface area is 662 Å². The summed E-state index contributed by atoms with van der Waals surface area (Å²) in [5.74, 6) is 3.96. The number of hydrogen-bond donors (Lipinski definition) is 7. The minimum atomic E-state index is -1.11. The van der Waals surface area contributed by atoms with Gasteiger partial charge in [0, 0.05) is 103 Å². The summed E-state index contributed by atoms with van der Waals surface area (Å²) in [6.45, 7) is 18.6. The van der Waals surface area contributed by atoms with Crippen LogP contribution >= 0.6 is 23.2 Å². The molecule has 0 aliphatic rings. The van der Waals surface area contributed by atoms with Gasteiger partial charge in [0.25, 0.3) is 0 Å². The molecule has 0 spiro atoms. The van der Waals surface area contributed by atoms with Gasteiger partial charge in [-0.15, -0.1) is 0 Å². The van der Waals surface area contributed by atoms with Crippen LogP contribution in [-0.4, -0.2) is 189 Å². The quantitative estimate of drug-likeness (QED) is 0.0171. The van der Waals surface area contributed by atoms with Crippen molar-refractivity contribution >= 4 is 179 Å². The lowest BCUT2D eigenvalue weighted by Crippen LogP contribution is -2.22. The lowest BCUT2D eigenvalue weighted by Gasteiger charge is -2.15. The van der Waals surface area contributed by atoms with Crippen molar-refractivity contribution in [2.75, 3.05) is 56.2 Å². The van der Waals surface area contributed by atoms with Gasteiger partial charge in [0.05, 0.1) is 117 Å². The predicted molar refractivity (Wildman–Crippen MR) is 445 cm³/mol. The van der Waals surface area contributed by atoms with Gasteiger partial charge in [0.15, 0.2) is 72.5 Å². The van der Waals surface area contributed by atoms with E-state index in [0.29, 0.717) is 91.7 Å². The number of nitrogen functional groups attached to an aromatic ring is 1. The third kappa shape index (κ3) is 18.5. The van der Waals surface area contributed by atoms with Crippen molar-refractivity contribution in [3.8, 4) is 17.2 Å². The van der Waals surface area contributed by atoms with Gasteiger partial charge in [0.2, 0.25) is 0 Å². The number of halogens is 2. The van der Waals surface area contributed by atoms with Crippen LogP contribution in [0, 0.1) is 6.92 Å². The lowest BCUT2D eigenvalue weighted by atomic mass is 10.1. The highest BCUT2D eigenvalue weighted by molar-refractivity contribution is 6.76. The second-order valence-electron chi connectivity index (χ2n) is 28.5. The Morgan fingerprint density at radius 2 is 0.833 bits per heavy atom. The average molecular weight is 1620 g/mol. The first-order valence-electron chi connectivity index (χ1n) is 35.6. The average Bonchev–Trinajstić information content (AvgIpc) is 1.59. The Balaban J connectivity index is 0.000000123. The summed E-state index contributed by atoms with van der Waals surface area (Å²) in [4.78, 5) is 64.9. The van der Waals surface area contributed by atoms with Crippen LogP contribution in [0.5, 0.6) is 17.2 Å². The molecule has 41 heteroatoms. The van der Waals surface area contributed by atoms with Gasteiger partial charge in [-0.3, -0.25) is 10.2 Å². The van der Waals surface area contributed by atoms with E-state index in [-0.39, 0.29) is 0 Å². The number of nitrogens with zero attached hydrogens (tertiary/aromatic N) is 25. The molecule has 0 bridgehead atoms. The highest BCUT2D eigenvalue weighted by atomic mass is 35.5. The van der Waals surface area contributed by atoms with Crippen molar-refractivity contribution in [2.45, 2.75) is 71.8 Å². The molecule has 0 aliphatic heterocycles. The fraction of sp³-hybridized carbons (Fsp3) is 0.274. The molecule has 0 saturated carbocycles. The first-order valence-corrected chi connectivity index (χ1v) is 43.8. The maximum atomic E-state index is 5.90. The molecule has 14 heterocycles. The Morgan fingerprint density at radius 1 is 0.439 bits per heavy atom. The SMILES string of the molecule is COc1cc2[nH]ncc2cc1Nc1ncnc2c1ncn2C.COc1cc2[nH]ncc2cc1Nc1ncnc2c1ncn2C.COc1cc2c(cnn2COCC[Si](C)(C)C)cc1Nc1ncnc2c1ncn2C.Cc1cc2c(cnn2COCC[Si](C)(C)C)cc1N.Clc1ncnc2nc[nH]c12.Cn1cnc2c(Cl)ncnc21. The smallest absolute Gasteiger partial charge is 0.182 e. The molecule has 0 amide bonds. The van der Waals surface area contributed by atoms with E-state index in [9.17, 15) is 0 Å². The summed E-state index contributed by atoms with van der Waals surface area (Å²) in [7, 11) is 10.3. The second kappa shape index (κ2) is 34.8. The van der Waals surface area contributed by atoms with E-state index in [1.54, 1.807) is 63.6 Å². The molecule has 0 saturated heterocycles. The standard InChI is InChI=1S/C20H27N7O2Si.2C14H13N7O.C14H23N3OSi.C6H5ClN4.C5H3ClN4/c1-26-12-23-18-19(21-11-22-20(18)26)25-15-8-14-10-24-27(16(14)9-17(15)28-2)13-29-6-7-30(3,4)5;2*1-21-7-17-12-13(15-6-16-14(12)21)19-10-3-8-5-18-20-9(8)4-11(10)22-2;1-11-7-14-12(8-13(11)15)9-16-17(14)10-18-5-6-19(2,3)4;1-11-3-10-4-5(7)8-2-9-6(4)11;6-4-3-5(9-1-7-3)10-2-8-4/h8-12H,6-7,13H2,1-5H3,(H,21,22,25);2*3-7H,1-2H3,(H,18,20)(H,15,16,19);7-9H,5-6,10,15H2,1-4H3;2-3H,1H3;1-2H,(H,7,8,9,10). The molecule has 0 atom stereocenters. The normalized spacial score (nSPS) is 11.5. The van der Waals surface area contributed by atoms with E-state index in [1.165, 1.54) is 44.0 Å². The monoisotopic (exact) mass is 1610 g/mol. The molecule has 37 nitrogen and oxygen atoms in total. The molecule has 588 valence electrons. The van der Waals surface area contributed by atoms with E-state index >= 15 is 0 Å². The van der Waals surface area contributed by atoms with Crippen LogP contribution in [0.4, 0.5) is 40.2 Å². The number of benzene rings is 4. The van der Waals surface area contributed by atoms with Crippen LogP contribution < -0.4 is 35.9 Å². The zero-order chi connectivity index (χ0) is 80.4. The van der Waals surface area contributed by atoms with Crippen LogP contribution in [0.1, 0.15) is 5.56 Å². The minimum absolute atomic E-state index is 0.399. The highest BCUT2D eigenvalue weighted by Gasteiger charge is 2.20. The summed E-state index contributed by atoms with van der Waals surface area (Å²) in [5.41, 5.74) is 21.1. The number of fused-ring (bicyclic) bond motifs is 9. The van der Waals surface area contributed by atoms with Gasteiger partial charge in [-0.25, -0.2) is 84.1 Å². The zero-order valence-electron chi connectivity index (χ0n) is 65.0. The van der Waals surface area contributed by atoms with Gasteiger partial charge in [-0.2, -0.15) is 20.4 Å². The molecule has 114 heavy (non-hydrogen) atoms. The van der Waals surface area contributed by atoms with E-state index in [1.807, 2.05) is 113 Å². The number of H-pyrrole nitrogens is 3. The Bertz CT molecular complexity index is 6190. The summed E-state index contributed by atoms with van der Waals surface area (Å²) >= 11 is 11.4. The first kappa shape index (κ1) is 79.1. The first-order chi connectivity index (χ1) is 54.9. The predicted octanol–water partition coefficient (Wildman–Crippen LogP) is 13.0. The third-order valence-electron chi connectivity index (χ3n) is 17.8. The molecule has 0 unspecified atom stereocenters. The molecule has 18 rings (SSSR count). The fourth-order valence-corrected chi connectivity index (χ4v) is 13.4. The van der Waals surface area contributed by atoms with Gasteiger partial charge in [-0.05, 0) is 54.9 Å². The molecule has 8 N–H and O–H groups in total. The molecular weight excluding hydrogens is 1530 g/mol. The van der Waals surface area contributed by atoms with E-state index < -0.39 is 16.1 Å². The maximum Gasteiger partial charge on any atom is 0.182 e. The molecule has 0 radical (unpaired) electrons. The third-order valence-corrected chi connectivity index (χ3v) is 21.8. The van der Waals surface area contributed by atoms with Crippen molar-refractivity contribution in [2.24, 2.45) is 28.2 Å². The summed E-state index contributed by atoms with van der Waals surface area (Å²) in [6, 6.07) is 18.0. The second-order valence-corrected chi connectivity index (χ2v) is 40.4. The zero-order valence-corrected chi connectivity index (χ0v) is 68.5. The number of ether oxygens (including phenoxy) is 5. The largest absolute Gasteiger partial charge is 0.494 e. The molecule has 0 fully saturated rings. The van der Waals surface area contributed by atoms with E-state index in [0.717, 1.165) is 114 Å². The number of rotatable bonds is 19. The Hall–Kier alpha value is -13.0. The van der Waals surface area contributed by atoms with Crippen LogP contribution in [0.25, 0.3) is 99.4 Å². The molecule has 18 aromatic rings. The van der Waals surface area contributed by atoms with Crippen molar-refractivity contribution in [1.82, 2.24) is 138 Å². The summed E-state index contributed by atoms with van der Waals surface area (Å²) in [6.07, 6.45) is 22.9. The molecule has 14 aromatic heterocycles. The van der Waals surface area contributed by atoms with Crippen LogP contribution in [0.2, 0.25) is 61.7 Å². The minimum Gasteiger partial charge on any atom is -0.494 e. The van der Waals surface area contributed by atoms with Crippen LogP contribution in [0.3, 0.4) is 0 Å². The fourth-order valence-electron chi connectivity index (χ4n) is 11.5. The summed E-state index contributed by atoms with van der Waals surface area (Å²) < 4.78 is 39.2. The van der Waals surface area contributed by atoms with E-state index in [2.05, 4.69) is 172 Å². The number of nitrogens with one attached hydrogen (secondary N) is 6. The van der Waals surface area contributed by atoms with Crippen molar-refractivity contribution in [1.29, 1.82) is 0 Å². The number of anilines is 7. The van der Waals surface area contributed by atoms with Crippen molar-refractivity contribution in [3.63, 3.8) is 0 Å². The van der Waals surface area contributed by atoms with Crippen molar-refractivity contribution < 1.29 is 23.7 Å². The van der Waals surface area contributed by atoms with Crippen molar-refractivity contribution in [3.05, 3.63) is 152 Å². The lowest BCUT2D eigenvalue weighted by molar-refractivity contribution is 0.0816. The number of aryl methyl sites for hydroxylation is 5. The number of hydrogen-bond acceptors (Lipinski definition) is 28. The Kier molecular flexibility index (Phi) is 24.1. The molecule has 4 aromatic carbocycles. The number of aromatic amines is 3. The topological polar surface area (TPSA) is 430 Å². The van der Waals surface area contributed by atoms with Gasteiger partial charge >= 0.3 is 0 Å².